The van der Waals surface area contributed by atoms with Gasteiger partial charge in [0.15, 0.2) is 0 Å². The van der Waals surface area contributed by atoms with Crippen LogP contribution >= 0.6 is 11.6 Å². The molecule has 1 aliphatic heterocycles. The number of halogens is 2. The fourth-order valence-electron chi connectivity index (χ4n) is 3.32. The fourth-order valence-corrected chi connectivity index (χ4v) is 4.96. The summed E-state index contributed by atoms with van der Waals surface area (Å²) in [6, 6.07) is 8.83. The van der Waals surface area contributed by atoms with Crippen molar-refractivity contribution < 1.29 is 22.3 Å². The van der Waals surface area contributed by atoms with E-state index in [1.165, 1.54) is 6.07 Å². The molecule has 2 aromatic carbocycles. The van der Waals surface area contributed by atoms with Crippen LogP contribution in [0.1, 0.15) is 24.0 Å². The second-order valence-electron chi connectivity index (χ2n) is 7.30. The van der Waals surface area contributed by atoms with Crippen LogP contribution in [0.25, 0.3) is 0 Å². The third-order valence-corrected chi connectivity index (χ3v) is 7.22. The predicted molar refractivity (Wildman–Crippen MR) is 114 cm³/mol. The lowest BCUT2D eigenvalue weighted by Gasteiger charge is -2.25. The number of amides is 1. The topological polar surface area (TPSA) is 75.7 Å². The highest BCUT2D eigenvalue weighted by atomic mass is 35.5. The Morgan fingerprint density at radius 3 is 2.73 bits per heavy atom. The van der Waals surface area contributed by atoms with Gasteiger partial charge in [0.1, 0.15) is 10.7 Å². The second kappa shape index (κ2) is 9.43. The van der Waals surface area contributed by atoms with Gasteiger partial charge >= 0.3 is 0 Å². The van der Waals surface area contributed by atoms with Crippen LogP contribution in [0.3, 0.4) is 0 Å². The van der Waals surface area contributed by atoms with Crippen LogP contribution in [0.15, 0.2) is 41.3 Å². The zero-order valence-electron chi connectivity index (χ0n) is 16.8. The summed E-state index contributed by atoms with van der Waals surface area (Å²) < 4.78 is 47.2. The summed E-state index contributed by atoms with van der Waals surface area (Å²) in [4.78, 5) is 12.2. The number of anilines is 1. The van der Waals surface area contributed by atoms with Gasteiger partial charge in [-0.2, -0.15) is 4.31 Å². The Morgan fingerprint density at radius 2 is 2.07 bits per heavy atom. The normalized spacial score (nSPS) is 16.8. The lowest BCUT2D eigenvalue weighted by Crippen LogP contribution is -2.42. The third-order valence-electron chi connectivity index (χ3n) is 5.14. The maximum absolute atomic E-state index is 14.4. The van der Waals surface area contributed by atoms with Crippen LogP contribution < -0.4 is 5.32 Å². The number of hydrogen-bond acceptors (Lipinski definition) is 4. The maximum Gasteiger partial charge on any atom is 0.246 e. The van der Waals surface area contributed by atoms with Crippen LogP contribution in [-0.4, -0.2) is 44.4 Å². The Kier molecular flexibility index (Phi) is 7.13. The first-order chi connectivity index (χ1) is 14.2. The maximum atomic E-state index is 14.4. The first kappa shape index (κ1) is 22.7. The number of benzene rings is 2. The number of rotatable bonds is 7. The van der Waals surface area contributed by atoms with Gasteiger partial charge in [-0.05, 0) is 62.1 Å². The molecule has 1 aliphatic rings. The van der Waals surface area contributed by atoms with Crippen molar-refractivity contribution in [1.82, 2.24) is 4.31 Å². The van der Waals surface area contributed by atoms with E-state index in [1.807, 2.05) is 26.0 Å². The van der Waals surface area contributed by atoms with Crippen molar-refractivity contribution in [2.45, 2.75) is 37.7 Å². The summed E-state index contributed by atoms with van der Waals surface area (Å²) in [5.41, 5.74) is 2.50. The minimum Gasteiger partial charge on any atom is -0.377 e. The summed E-state index contributed by atoms with van der Waals surface area (Å²) in [7, 11) is -4.28. The fraction of sp³-hybridized carbons (Fsp3) is 0.381. The van der Waals surface area contributed by atoms with Crippen molar-refractivity contribution in [2.75, 3.05) is 25.0 Å². The molecule has 6 nitrogen and oxygen atoms in total. The van der Waals surface area contributed by atoms with Crippen LogP contribution in [0.4, 0.5) is 10.1 Å². The quantitative estimate of drug-likeness (QED) is 0.688. The van der Waals surface area contributed by atoms with E-state index in [0.717, 1.165) is 34.0 Å². The van der Waals surface area contributed by atoms with Crippen LogP contribution in [0.5, 0.6) is 0 Å². The van der Waals surface area contributed by atoms with Gasteiger partial charge in [0.05, 0.1) is 12.6 Å². The molecule has 0 saturated carbocycles. The highest BCUT2D eigenvalue weighted by Gasteiger charge is 2.32. The summed E-state index contributed by atoms with van der Waals surface area (Å²) in [5.74, 6) is -1.48. The number of nitrogens with zero attached hydrogens (tertiary/aromatic N) is 1. The Bertz CT molecular complexity index is 1040. The summed E-state index contributed by atoms with van der Waals surface area (Å²) in [6.45, 7) is 3.82. The number of carbonyl (C=O) groups is 1. The second-order valence-corrected chi connectivity index (χ2v) is 9.65. The number of sulfonamides is 1. The number of carbonyl (C=O) groups excluding carboxylic acids is 1. The highest BCUT2D eigenvalue weighted by molar-refractivity contribution is 7.89. The molecule has 1 N–H and O–H groups in total. The molecule has 1 fully saturated rings. The smallest absolute Gasteiger partial charge is 0.246 e. The van der Waals surface area contributed by atoms with Gasteiger partial charge in [-0.15, -0.1) is 0 Å². The van der Waals surface area contributed by atoms with Crippen LogP contribution in [-0.2, 0) is 19.6 Å². The lowest BCUT2D eigenvalue weighted by molar-refractivity contribution is -0.116. The number of aryl methyl sites for hydroxylation is 1. The van der Waals surface area contributed by atoms with Crippen molar-refractivity contribution in [3.05, 3.63) is 58.4 Å². The molecule has 1 saturated heterocycles. The molecule has 0 bridgehead atoms. The zero-order valence-corrected chi connectivity index (χ0v) is 18.4. The molecule has 0 spiro atoms. The van der Waals surface area contributed by atoms with Gasteiger partial charge in [0.25, 0.3) is 0 Å². The van der Waals surface area contributed by atoms with Crippen molar-refractivity contribution in [3.8, 4) is 0 Å². The molecule has 2 aromatic rings. The average molecular weight is 455 g/mol. The van der Waals surface area contributed by atoms with E-state index >= 15 is 0 Å². The van der Waals surface area contributed by atoms with Gasteiger partial charge in [-0.25, -0.2) is 12.8 Å². The summed E-state index contributed by atoms with van der Waals surface area (Å²) >= 11 is 5.75. The molecule has 1 heterocycles. The highest BCUT2D eigenvalue weighted by Crippen LogP contribution is 2.25. The van der Waals surface area contributed by atoms with E-state index in [9.17, 15) is 17.6 Å². The van der Waals surface area contributed by atoms with Gasteiger partial charge in [0.2, 0.25) is 15.9 Å². The van der Waals surface area contributed by atoms with Crippen molar-refractivity contribution in [2.24, 2.45) is 0 Å². The van der Waals surface area contributed by atoms with Gasteiger partial charge in [-0.3, -0.25) is 4.79 Å². The average Bonchev–Trinajstić information content (AvgIpc) is 3.18. The first-order valence-electron chi connectivity index (χ1n) is 9.61. The molecule has 0 radical (unpaired) electrons. The van der Waals surface area contributed by atoms with Crippen molar-refractivity contribution in [3.63, 3.8) is 0 Å². The van der Waals surface area contributed by atoms with Gasteiger partial charge in [0, 0.05) is 23.9 Å². The molecule has 1 amide bonds. The molecule has 30 heavy (non-hydrogen) atoms. The van der Waals surface area contributed by atoms with E-state index in [1.54, 1.807) is 6.07 Å². The molecule has 1 atom stereocenters. The van der Waals surface area contributed by atoms with E-state index in [0.29, 0.717) is 18.7 Å². The third kappa shape index (κ3) is 5.18. The number of nitrogens with one attached hydrogen (secondary N) is 1. The SMILES string of the molecule is Cc1cccc(NC(=O)CN(C[C@@H]2CCCO2)S(=O)(=O)c2ccc(Cl)cc2F)c1C. The molecular weight excluding hydrogens is 431 g/mol. The lowest BCUT2D eigenvalue weighted by atomic mass is 10.1. The van der Waals surface area contributed by atoms with Crippen LogP contribution in [0.2, 0.25) is 5.02 Å². The van der Waals surface area contributed by atoms with Crippen molar-refractivity contribution >= 4 is 33.2 Å². The summed E-state index contributed by atoms with van der Waals surface area (Å²) in [5, 5.41) is 2.84. The van der Waals surface area contributed by atoms with Crippen molar-refractivity contribution in [1.29, 1.82) is 0 Å². The molecule has 9 heteroatoms. The molecule has 162 valence electrons. The molecular formula is C21H24ClFN2O4S. The Labute approximate surface area is 181 Å². The van der Waals surface area contributed by atoms with Crippen LogP contribution in [0, 0.1) is 19.7 Å². The Morgan fingerprint density at radius 1 is 1.30 bits per heavy atom. The minimum absolute atomic E-state index is 0.0371. The number of ether oxygens (including phenoxy) is 1. The molecule has 0 aromatic heterocycles. The van der Waals surface area contributed by atoms with E-state index in [-0.39, 0.29) is 17.7 Å². The monoisotopic (exact) mass is 454 g/mol. The standard InChI is InChI=1S/C21H24ClFN2O4S/c1-14-5-3-7-19(15(14)2)24-21(26)13-25(12-17-6-4-10-29-17)30(27,28)20-9-8-16(22)11-18(20)23/h3,5,7-9,11,17H,4,6,10,12-13H2,1-2H3,(H,24,26)/t17-/m0/s1. The Balaban J connectivity index is 1.86. The van der Waals surface area contributed by atoms with Gasteiger partial charge < -0.3 is 10.1 Å². The molecule has 0 aliphatic carbocycles. The van der Waals surface area contributed by atoms with Gasteiger partial charge in [-0.1, -0.05) is 23.7 Å². The minimum atomic E-state index is -4.28. The predicted octanol–water partition coefficient (Wildman–Crippen LogP) is 3.90. The molecule has 3 rings (SSSR count). The van der Waals surface area contributed by atoms with E-state index < -0.39 is 33.2 Å². The van der Waals surface area contributed by atoms with E-state index in [2.05, 4.69) is 5.32 Å². The van der Waals surface area contributed by atoms with E-state index in [4.69, 9.17) is 16.3 Å². The number of hydrogen-bond donors (Lipinski definition) is 1. The first-order valence-corrected chi connectivity index (χ1v) is 11.4. The largest absolute Gasteiger partial charge is 0.377 e. The zero-order chi connectivity index (χ0) is 21.9. The molecule has 0 unspecified atom stereocenters. The Hall–Kier alpha value is -2.00. The summed E-state index contributed by atoms with van der Waals surface area (Å²) in [6.07, 6.45) is 1.14.